The summed E-state index contributed by atoms with van der Waals surface area (Å²) < 4.78 is 42.3. The fourth-order valence-electron chi connectivity index (χ4n) is 2.78. The van der Waals surface area contributed by atoms with E-state index in [9.17, 15) is 22.8 Å². The van der Waals surface area contributed by atoms with Gasteiger partial charge in [0.05, 0.1) is 13.2 Å². The van der Waals surface area contributed by atoms with Crippen LogP contribution in [0.1, 0.15) is 0 Å². The van der Waals surface area contributed by atoms with Gasteiger partial charge in [-0.25, -0.2) is 0 Å². The van der Waals surface area contributed by atoms with Crippen molar-refractivity contribution in [1.29, 1.82) is 0 Å². The molecule has 1 aliphatic heterocycles. The van der Waals surface area contributed by atoms with Crippen molar-refractivity contribution in [2.45, 2.75) is 6.36 Å². The summed E-state index contributed by atoms with van der Waals surface area (Å²) >= 11 is 0. The van der Waals surface area contributed by atoms with Crippen molar-refractivity contribution in [3.63, 3.8) is 0 Å². The number of hydrogen-bond acceptors (Lipinski definition) is 5. The molecule has 2 aromatic carbocycles. The van der Waals surface area contributed by atoms with Gasteiger partial charge in [0.1, 0.15) is 11.4 Å². The maximum absolute atomic E-state index is 12.7. The van der Waals surface area contributed by atoms with Gasteiger partial charge in [0.15, 0.2) is 0 Å². The third kappa shape index (κ3) is 4.15. The van der Waals surface area contributed by atoms with E-state index in [1.54, 1.807) is 30.3 Å². The van der Waals surface area contributed by atoms with Gasteiger partial charge in [-0.1, -0.05) is 36.4 Å². The third-order valence-corrected chi connectivity index (χ3v) is 3.93. The predicted octanol–water partition coefficient (Wildman–Crippen LogP) is 2.91. The summed E-state index contributed by atoms with van der Waals surface area (Å²) in [6.07, 6.45) is -3.79. The number of carbonyl (C=O) groups excluding carboxylic acids is 2. The summed E-state index contributed by atoms with van der Waals surface area (Å²) in [5.74, 6) is -1.61. The summed E-state index contributed by atoms with van der Waals surface area (Å²) in [4.78, 5) is 25.0. The van der Waals surface area contributed by atoms with E-state index in [4.69, 9.17) is 5.11 Å². The standard InChI is InChI=1S/C19H15F3N2O4/c20-19(21,22)28-16-8-4-2-6-13(16)12-5-1-3-7-14(12)23-15-11-17(26)24(9-10-25)18(15)27/h1-8,11,23,25H,9-10H2. The number of halogens is 3. The first-order valence-corrected chi connectivity index (χ1v) is 8.20. The Morgan fingerprint density at radius 3 is 2.32 bits per heavy atom. The van der Waals surface area contributed by atoms with Crippen LogP contribution in [0, 0.1) is 0 Å². The summed E-state index contributed by atoms with van der Waals surface area (Å²) in [5, 5.41) is 11.8. The molecule has 2 N–H and O–H groups in total. The molecule has 9 heteroatoms. The van der Waals surface area contributed by atoms with Gasteiger partial charge in [0.25, 0.3) is 11.8 Å². The van der Waals surface area contributed by atoms with E-state index in [1.807, 2.05) is 0 Å². The topological polar surface area (TPSA) is 78.9 Å². The lowest BCUT2D eigenvalue weighted by Crippen LogP contribution is -2.34. The minimum absolute atomic E-state index is 0.0416. The van der Waals surface area contributed by atoms with Crippen LogP contribution in [0.3, 0.4) is 0 Å². The van der Waals surface area contributed by atoms with Crippen LogP contribution >= 0.6 is 0 Å². The lowest BCUT2D eigenvalue weighted by Gasteiger charge is -2.17. The molecule has 0 unspecified atom stereocenters. The first-order valence-electron chi connectivity index (χ1n) is 8.20. The predicted molar refractivity (Wildman–Crippen MR) is 94.1 cm³/mol. The largest absolute Gasteiger partial charge is 0.573 e. The van der Waals surface area contributed by atoms with E-state index in [0.717, 1.165) is 11.0 Å². The summed E-state index contributed by atoms with van der Waals surface area (Å²) in [7, 11) is 0. The van der Waals surface area contributed by atoms with Gasteiger partial charge in [0, 0.05) is 22.9 Å². The molecule has 2 amide bonds. The van der Waals surface area contributed by atoms with Gasteiger partial charge in [-0.2, -0.15) is 0 Å². The Labute approximate surface area is 157 Å². The van der Waals surface area contributed by atoms with Crippen molar-refractivity contribution in [1.82, 2.24) is 4.90 Å². The Hall–Kier alpha value is -3.33. The second-order valence-electron chi connectivity index (χ2n) is 5.79. The van der Waals surface area contributed by atoms with Crippen molar-refractivity contribution < 1.29 is 32.6 Å². The Morgan fingerprint density at radius 2 is 1.64 bits per heavy atom. The molecule has 146 valence electrons. The number of anilines is 1. The van der Waals surface area contributed by atoms with Gasteiger partial charge in [0.2, 0.25) is 0 Å². The second kappa shape index (κ2) is 7.73. The van der Waals surface area contributed by atoms with E-state index in [2.05, 4.69) is 10.1 Å². The quantitative estimate of drug-likeness (QED) is 0.739. The SMILES string of the molecule is O=C1C=C(Nc2ccccc2-c2ccccc2OC(F)(F)F)C(=O)N1CCO. The Bertz CT molecular complexity index is 941. The highest BCUT2D eigenvalue weighted by molar-refractivity contribution is 6.17. The maximum Gasteiger partial charge on any atom is 0.573 e. The molecule has 0 radical (unpaired) electrons. The lowest BCUT2D eigenvalue weighted by atomic mass is 10.0. The molecule has 0 saturated carbocycles. The number of carbonyl (C=O) groups is 2. The van der Waals surface area contributed by atoms with E-state index in [-0.39, 0.29) is 24.4 Å². The third-order valence-electron chi connectivity index (χ3n) is 3.93. The van der Waals surface area contributed by atoms with Crippen molar-refractivity contribution in [3.05, 3.63) is 60.3 Å². The van der Waals surface area contributed by atoms with Crippen LogP contribution in [-0.2, 0) is 9.59 Å². The zero-order valence-electron chi connectivity index (χ0n) is 14.4. The van der Waals surface area contributed by atoms with E-state index in [0.29, 0.717) is 11.3 Å². The van der Waals surface area contributed by atoms with E-state index < -0.39 is 23.9 Å². The summed E-state index contributed by atoms with van der Waals surface area (Å²) in [5.41, 5.74) is 0.788. The summed E-state index contributed by atoms with van der Waals surface area (Å²) in [6.45, 7) is -0.527. The van der Waals surface area contributed by atoms with Crippen LogP contribution in [0.25, 0.3) is 11.1 Å². The molecule has 0 aliphatic carbocycles. The van der Waals surface area contributed by atoms with E-state index in [1.165, 1.54) is 18.2 Å². The minimum Gasteiger partial charge on any atom is -0.405 e. The van der Waals surface area contributed by atoms with Crippen LogP contribution < -0.4 is 10.1 Å². The van der Waals surface area contributed by atoms with Crippen LogP contribution in [0.15, 0.2) is 60.3 Å². The molecule has 0 fully saturated rings. The molecule has 0 bridgehead atoms. The fraction of sp³-hybridized carbons (Fsp3) is 0.158. The van der Waals surface area contributed by atoms with E-state index >= 15 is 0 Å². The number of nitrogens with one attached hydrogen (secondary N) is 1. The highest BCUT2D eigenvalue weighted by Crippen LogP contribution is 2.38. The molecule has 1 heterocycles. The molecule has 0 saturated heterocycles. The van der Waals surface area contributed by atoms with Gasteiger partial charge in [-0.15, -0.1) is 13.2 Å². The van der Waals surface area contributed by atoms with Crippen LogP contribution in [0.2, 0.25) is 0 Å². The second-order valence-corrected chi connectivity index (χ2v) is 5.79. The summed E-state index contributed by atoms with van der Waals surface area (Å²) in [6, 6.07) is 12.0. The first kappa shape index (κ1) is 19.4. The van der Waals surface area contributed by atoms with Crippen molar-refractivity contribution >= 4 is 17.5 Å². The Balaban J connectivity index is 1.95. The zero-order valence-corrected chi connectivity index (χ0v) is 14.4. The number of benzene rings is 2. The number of hydrogen-bond donors (Lipinski definition) is 2. The Morgan fingerprint density at radius 1 is 1.00 bits per heavy atom. The average molecular weight is 392 g/mol. The number of aliphatic hydroxyl groups excluding tert-OH is 1. The monoisotopic (exact) mass is 392 g/mol. The number of rotatable bonds is 6. The minimum atomic E-state index is -4.86. The Kier molecular flexibility index (Phi) is 5.36. The highest BCUT2D eigenvalue weighted by atomic mass is 19.4. The van der Waals surface area contributed by atoms with Gasteiger partial charge >= 0.3 is 6.36 Å². The van der Waals surface area contributed by atoms with Crippen LogP contribution in [-0.4, -0.2) is 41.3 Å². The molecular weight excluding hydrogens is 377 g/mol. The molecule has 28 heavy (non-hydrogen) atoms. The first-order chi connectivity index (χ1) is 13.3. The molecule has 0 atom stereocenters. The molecule has 0 aromatic heterocycles. The number of nitrogens with zero attached hydrogens (tertiary/aromatic N) is 1. The van der Waals surface area contributed by atoms with Crippen molar-refractivity contribution in [2.24, 2.45) is 0 Å². The number of para-hydroxylation sites is 2. The van der Waals surface area contributed by atoms with Crippen molar-refractivity contribution in [2.75, 3.05) is 18.5 Å². The van der Waals surface area contributed by atoms with Gasteiger partial charge in [-0.05, 0) is 12.1 Å². The molecule has 0 spiro atoms. The van der Waals surface area contributed by atoms with Crippen LogP contribution in [0.4, 0.5) is 18.9 Å². The lowest BCUT2D eigenvalue weighted by molar-refractivity contribution is -0.274. The normalized spacial score (nSPS) is 14.3. The molecule has 2 aromatic rings. The fourth-order valence-corrected chi connectivity index (χ4v) is 2.78. The number of aliphatic hydroxyl groups is 1. The van der Waals surface area contributed by atoms with Crippen molar-refractivity contribution in [3.8, 4) is 16.9 Å². The number of β-amino-alcohol motifs (C(OH)–C–C–N with tert-alkyl or cyclic N) is 1. The molecule has 3 rings (SSSR count). The molecule has 6 nitrogen and oxygen atoms in total. The molecule has 1 aliphatic rings. The van der Waals surface area contributed by atoms with Gasteiger partial charge < -0.3 is 15.2 Å². The average Bonchev–Trinajstić information content (AvgIpc) is 2.89. The zero-order chi connectivity index (χ0) is 20.3. The smallest absolute Gasteiger partial charge is 0.405 e. The molecular formula is C19H15F3N2O4. The highest BCUT2D eigenvalue weighted by Gasteiger charge is 2.33. The number of imide groups is 1. The van der Waals surface area contributed by atoms with Crippen LogP contribution in [0.5, 0.6) is 5.75 Å². The maximum atomic E-state index is 12.7. The number of alkyl halides is 3. The van der Waals surface area contributed by atoms with Gasteiger partial charge in [-0.3, -0.25) is 14.5 Å². The number of amides is 2. The number of ether oxygens (including phenoxy) is 1.